The Bertz CT molecular complexity index is 781. The molecule has 2 aliphatic heterocycles. The summed E-state index contributed by atoms with van der Waals surface area (Å²) in [6.07, 6.45) is 5.48. The lowest BCUT2D eigenvalue weighted by Gasteiger charge is -2.35. The van der Waals surface area contributed by atoms with Gasteiger partial charge in [0.15, 0.2) is 0 Å². The Morgan fingerprint density at radius 2 is 1.59 bits per heavy atom. The molecule has 1 saturated carbocycles. The molecule has 148 valence electrons. The van der Waals surface area contributed by atoms with Crippen molar-refractivity contribution in [3.05, 3.63) is 29.8 Å². The Balaban J connectivity index is 1.43. The lowest BCUT2D eigenvalue weighted by atomic mass is 10.1. The van der Waals surface area contributed by atoms with Gasteiger partial charge in [-0.2, -0.15) is 4.31 Å². The van der Waals surface area contributed by atoms with Crippen molar-refractivity contribution in [1.29, 1.82) is 0 Å². The molecule has 2 heterocycles. The monoisotopic (exact) mass is 391 g/mol. The zero-order chi connectivity index (χ0) is 19.0. The Labute approximate surface area is 162 Å². The van der Waals surface area contributed by atoms with Gasteiger partial charge >= 0.3 is 0 Å². The summed E-state index contributed by atoms with van der Waals surface area (Å²) in [5.74, 6) is 0.000681. The van der Waals surface area contributed by atoms with Gasteiger partial charge in [0, 0.05) is 50.4 Å². The Morgan fingerprint density at radius 3 is 2.19 bits per heavy atom. The van der Waals surface area contributed by atoms with Gasteiger partial charge in [-0.3, -0.25) is 9.69 Å². The van der Waals surface area contributed by atoms with E-state index in [1.165, 1.54) is 12.8 Å². The zero-order valence-electron chi connectivity index (χ0n) is 16.0. The molecule has 4 rings (SSSR count). The number of amides is 1. The van der Waals surface area contributed by atoms with Crippen LogP contribution in [0.15, 0.2) is 29.2 Å². The van der Waals surface area contributed by atoms with E-state index >= 15 is 0 Å². The van der Waals surface area contributed by atoms with E-state index in [1.54, 1.807) is 28.6 Å². The molecule has 7 heteroatoms. The Hall–Kier alpha value is -1.44. The molecule has 1 aromatic rings. The van der Waals surface area contributed by atoms with E-state index in [0.29, 0.717) is 12.1 Å². The standard InChI is InChI=1S/C20H29N3O3S/c1-16-4-2-3-11-23(16)27(25,26)19-9-5-17(6-10-19)20(24)22-14-12-21(13-15-22)18-7-8-18/h5-6,9-10,16,18H,2-4,7-8,11-15H2,1H3. The Kier molecular flexibility index (Phi) is 5.27. The van der Waals surface area contributed by atoms with Gasteiger partial charge in [0.2, 0.25) is 10.0 Å². The number of nitrogens with zero attached hydrogens (tertiary/aromatic N) is 3. The summed E-state index contributed by atoms with van der Waals surface area (Å²) in [4.78, 5) is 17.4. The molecule has 1 amide bonds. The van der Waals surface area contributed by atoms with Crippen molar-refractivity contribution in [2.45, 2.75) is 56.0 Å². The summed E-state index contributed by atoms with van der Waals surface area (Å²) in [5, 5.41) is 0. The third-order valence-electron chi connectivity index (χ3n) is 6.11. The van der Waals surface area contributed by atoms with Gasteiger partial charge < -0.3 is 4.90 Å². The summed E-state index contributed by atoms with van der Waals surface area (Å²) in [6, 6.07) is 7.28. The molecular formula is C20H29N3O3S. The average molecular weight is 392 g/mol. The SMILES string of the molecule is CC1CCCCN1S(=O)(=O)c1ccc(C(=O)N2CCN(C3CC3)CC2)cc1. The predicted octanol–water partition coefficient (Wildman–Crippen LogP) is 2.17. The van der Waals surface area contributed by atoms with Gasteiger partial charge in [-0.05, 0) is 56.9 Å². The molecule has 0 radical (unpaired) electrons. The fraction of sp³-hybridized carbons (Fsp3) is 0.650. The molecule has 1 aliphatic carbocycles. The van der Waals surface area contributed by atoms with Crippen molar-refractivity contribution < 1.29 is 13.2 Å². The first-order chi connectivity index (χ1) is 13.0. The van der Waals surface area contributed by atoms with Crippen molar-refractivity contribution in [1.82, 2.24) is 14.1 Å². The van der Waals surface area contributed by atoms with Crippen LogP contribution in [-0.2, 0) is 10.0 Å². The second-order valence-corrected chi connectivity index (χ2v) is 9.93. The fourth-order valence-electron chi connectivity index (χ4n) is 4.25. The van der Waals surface area contributed by atoms with E-state index in [-0.39, 0.29) is 16.8 Å². The van der Waals surface area contributed by atoms with E-state index in [2.05, 4.69) is 4.90 Å². The van der Waals surface area contributed by atoms with Gasteiger partial charge in [0.05, 0.1) is 4.90 Å². The number of piperazine rings is 1. The first kappa shape index (κ1) is 18.9. The highest BCUT2D eigenvalue weighted by Gasteiger charge is 2.33. The molecular weight excluding hydrogens is 362 g/mol. The van der Waals surface area contributed by atoms with E-state index in [1.807, 2.05) is 11.8 Å². The predicted molar refractivity (Wildman–Crippen MR) is 104 cm³/mol. The Morgan fingerprint density at radius 1 is 0.926 bits per heavy atom. The molecule has 0 bridgehead atoms. The number of hydrogen-bond acceptors (Lipinski definition) is 4. The number of carbonyl (C=O) groups excluding carboxylic acids is 1. The molecule has 1 unspecified atom stereocenters. The number of sulfonamides is 1. The maximum Gasteiger partial charge on any atom is 0.253 e. The number of rotatable bonds is 4. The normalized spacial score (nSPS) is 25.5. The molecule has 3 fully saturated rings. The molecule has 0 aromatic heterocycles. The number of carbonyl (C=O) groups is 1. The summed E-state index contributed by atoms with van der Waals surface area (Å²) in [6.45, 7) is 5.93. The third-order valence-corrected chi connectivity index (χ3v) is 8.14. The van der Waals surface area contributed by atoms with Gasteiger partial charge in [-0.1, -0.05) is 6.42 Å². The molecule has 0 spiro atoms. The lowest BCUT2D eigenvalue weighted by Crippen LogP contribution is -2.49. The number of benzene rings is 1. The molecule has 1 atom stereocenters. The maximum atomic E-state index is 12.9. The minimum Gasteiger partial charge on any atom is -0.336 e. The summed E-state index contributed by atoms with van der Waals surface area (Å²) >= 11 is 0. The molecule has 6 nitrogen and oxygen atoms in total. The van der Waals surface area contributed by atoms with Crippen molar-refractivity contribution >= 4 is 15.9 Å². The largest absolute Gasteiger partial charge is 0.336 e. The van der Waals surface area contributed by atoms with Crippen molar-refractivity contribution in [3.63, 3.8) is 0 Å². The van der Waals surface area contributed by atoms with Crippen molar-refractivity contribution in [2.75, 3.05) is 32.7 Å². The van der Waals surface area contributed by atoms with Gasteiger partial charge in [0.1, 0.15) is 0 Å². The van der Waals surface area contributed by atoms with Crippen LogP contribution in [0.25, 0.3) is 0 Å². The first-order valence-corrected chi connectivity index (χ1v) is 11.6. The third kappa shape index (κ3) is 3.91. The van der Waals surface area contributed by atoms with Crippen LogP contribution in [0.1, 0.15) is 49.4 Å². The minimum absolute atomic E-state index is 0.000681. The van der Waals surface area contributed by atoms with Crippen LogP contribution in [0.4, 0.5) is 0 Å². The topological polar surface area (TPSA) is 60.9 Å². The van der Waals surface area contributed by atoms with Gasteiger partial charge in [0.25, 0.3) is 5.91 Å². The second kappa shape index (κ2) is 7.53. The van der Waals surface area contributed by atoms with E-state index in [9.17, 15) is 13.2 Å². The quantitative estimate of drug-likeness (QED) is 0.789. The minimum atomic E-state index is -3.49. The molecule has 3 aliphatic rings. The van der Waals surface area contributed by atoms with Crippen LogP contribution >= 0.6 is 0 Å². The van der Waals surface area contributed by atoms with Crippen LogP contribution < -0.4 is 0 Å². The van der Waals surface area contributed by atoms with Crippen molar-refractivity contribution in [2.24, 2.45) is 0 Å². The van der Waals surface area contributed by atoms with Crippen LogP contribution in [0, 0.1) is 0 Å². The van der Waals surface area contributed by atoms with Gasteiger partial charge in [-0.25, -0.2) is 8.42 Å². The first-order valence-electron chi connectivity index (χ1n) is 10.1. The van der Waals surface area contributed by atoms with Crippen LogP contribution in [-0.4, -0.2) is 73.2 Å². The average Bonchev–Trinajstić information content (AvgIpc) is 3.53. The van der Waals surface area contributed by atoms with Crippen LogP contribution in [0.3, 0.4) is 0 Å². The smallest absolute Gasteiger partial charge is 0.253 e. The highest BCUT2D eigenvalue weighted by molar-refractivity contribution is 7.89. The number of piperidine rings is 1. The van der Waals surface area contributed by atoms with E-state index in [4.69, 9.17) is 0 Å². The number of hydrogen-bond donors (Lipinski definition) is 0. The summed E-state index contributed by atoms with van der Waals surface area (Å²) < 4.78 is 27.4. The van der Waals surface area contributed by atoms with Crippen LogP contribution in [0.2, 0.25) is 0 Å². The highest BCUT2D eigenvalue weighted by Crippen LogP contribution is 2.28. The molecule has 0 N–H and O–H groups in total. The highest BCUT2D eigenvalue weighted by atomic mass is 32.2. The van der Waals surface area contributed by atoms with E-state index < -0.39 is 10.0 Å². The zero-order valence-corrected chi connectivity index (χ0v) is 16.8. The molecule has 1 aromatic carbocycles. The van der Waals surface area contributed by atoms with Crippen LogP contribution in [0.5, 0.6) is 0 Å². The van der Waals surface area contributed by atoms with Crippen molar-refractivity contribution in [3.8, 4) is 0 Å². The van der Waals surface area contributed by atoms with E-state index in [0.717, 1.165) is 51.5 Å². The summed E-state index contributed by atoms with van der Waals surface area (Å²) in [7, 11) is -3.49. The molecule has 27 heavy (non-hydrogen) atoms. The molecule has 2 saturated heterocycles. The fourth-order valence-corrected chi connectivity index (χ4v) is 5.95. The lowest BCUT2D eigenvalue weighted by molar-refractivity contribution is 0.0627. The second-order valence-electron chi connectivity index (χ2n) is 8.04. The van der Waals surface area contributed by atoms with Gasteiger partial charge in [-0.15, -0.1) is 0 Å². The summed E-state index contributed by atoms with van der Waals surface area (Å²) in [5.41, 5.74) is 0.570. The maximum absolute atomic E-state index is 12.9.